The molecule has 0 spiro atoms. The van der Waals surface area contributed by atoms with Crippen LogP contribution < -0.4 is 0 Å². The molecule has 2 rings (SSSR count). The summed E-state index contributed by atoms with van der Waals surface area (Å²) in [6, 6.07) is 0.785. The second-order valence-electron chi connectivity index (χ2n) is 5.03. The van der Waals surface area contributed by atoms with E-state index in [4.69, 9.17) is 0 Å². The predicted molar refractivity (Wildman–Crippen MR) is 61.9 cm³/mol. The molecular weight excluding hydrogens is 188 g/mol. The first kappa shape index (κ1) is 11.4. The fourth-order valence-electron chi connectivity index (χ4n) is 2.94. The summed E-state index contributed by atoms with van der Waals surface area (Å²) in [7, 11) is 0. The molecule has 2 aliphatic rings. The highest BCUT2D eigenvalue weighted by Gasteiger charge is 2.30. The van der Waals surface area contributed by atoms with Crippen LogP contribution in [0.3, 0.4) is 0 Å². The highest BCUT2D eigenvalue weighted by Crippen LogP contribution is 2.21. The van der Waals surface area contributed by atoms with Crippen LogP contribution in [0.4, 0.5) is 0 Å². The Morgan fingerprint density at radius 2 is 2.20 bits per heavy atom. The third-order valence-corrected chi connectivity index (χ3v) is 3.76. The summed E-state index contributed by atoms with van der Waals surface area (Å²) < 4.78 is 0. The summed E-state index contributed by atoms with van der Waals surface area (Å²) in [6.07, 6.45) is 4.66. The maximum atomic E-state index is 9.79. The number of aliphatic hydroxyl groups is 1. The second-order valence-corrected chi connectivity index (χ2v) is 5.03. The minimum Gasteiger partial charge on any atom is -0.392 e. The van der Waals surface area contributed by atoms with Crippen molar-refractivity contribution in [2.24, 2.45) is 0 Å². The average Bonchev–Trinajstić information content (AvgIpc) is 2.65. The third-order valence-electron chi connectivity index (χ3n) is 3.76. The molecule has 0 amide bonds. The van der Waals surface area contributed by atoms with E-state index in [0.717, 1.165) is 32.0 Å². The van der Waals surface area contributed by atoms with E-state index in [0.29, 0.717) is 0 Å². The summed E-state index contributed by atoms with van der Waals surface area (Å²) in [5.41, 5.74) is 0. The largest absolute Gasteiger partial charge is 0.392 e. The summed E-state index contributed by atoms with van der Waals surface area (Å²) in [4.78, 5) is 5.06. The lowest BCUT2D eigenvalue weighted by Gasteiger charge is -2.38. The van der Waals surface area contributed by atoms with E-state index >= 15 is 0 Å². The van der Waals surface area contributed by atoms with Gasteiger partial charge >= 0.3 is 0 Å². The maximum absolute atomic E-state index is 9.79. The third kappa shape index (κ3) is 2.92. The molecule has 0 saturated carbocycles. The number of rotatable bonds is 4. The van der Waals surface area contributed by atoms with Crippen molar-refractivity contribution in [2.75, 3.05) is 32.7 Å². The van der Waals surface area contributed by atoms with Crippen LogP contribution in [0, 0.1) is 0 Å². The van der Waals surface area contributed by atoms with Crippen molar-refractivity contribution >= 4 is 0 Å². The zero-order valence-corrected chi connectivity index (χ0v) is 9.86. The maximum Gasteiger partial charge on any atom is 0.0667 e. The molecule has 0 radical (unpaired) electrons. The minimum atomic E-state index is -0.108. The van der Waals surface area contributed by atoms with Crippen molar-refractivity contribution in [3.05, 3.63) is 0 Å². The Morgan fingerprint density at radius 3 is 3.00 bits per heavy atom. The first-order valence-electron chi connectivity index (χ1n) is 6.44. The van der Waals surface area contributed by atoms with Crippen LogP contribution in [-0.4, -0.2) is 59.8 Å². The summed E-state index contributed by atoms with van der Waals surface area (Å²) in [5.74, 6) is 0. The van der Waals surface area contributed by atoms with E-state index in [-0.39, 0.29) is 6.10 Å². The zero-order valence-electron chi connectivity index (χ0n) is 9.86. The summed E-state index contributed by atoms with van der Waals surface area (Å²) in [6.45, 7) is 7.87. The smallest absolute Gasteiger partial charge is 0.0667 e. The monoisotopic (exact) mass is 212 g/mol. The lowest BCUT2D eigenvalue weighted by atomic mass is 10.1. The van der Waals surface area contributed by atoms with Gasteiger partial charge in [0.05, 0.1) is 6.10 Å². The van der Waals surface area contributed by atoms with Gasteiger partial charge in [0.15, 0.2) is 0 Å². The van der Waals surface area contributed by atoms with E-state index in [9.17, 15) is 5.11 Å². The molecule has 0 bridgehead atoms. The Bertz CT molecular complexity index is 198. The van der Waals surface area contributed by atoms with Gasteiger partial charge in [-0.3, -0.25) is 9.80 Å². The fraction of sp³-hybridized carbons (Fsp3) is 1.00. The molecule has 2 unspecified atom stereocenters. The number of nitrogens with zero attached hydrogens (tertiary/aromatic N) is 2. The van der Waals surface area contributed by atoms with Gasteiger partial charge < -0.3 is 5.11 Å². The molecule has 15 heavy (non-hydrogen) atoms. The molecule has 2 saturated heterocycles. The highest BCUT2D eigenvalue weighted by atomic mass is 16.3. The van der Waals surface area contributed by atoms with Crippen LogP contribution in [0.1, 0.15) is 32.6 Å². The van der Waals surface area contributed by atoms with Crippen molar-refractivity contribution in [1.29, 1.82) is 0 Å². The SMILES string of the molecule is CCCC(O)CN1CCN2CCCC2C1. The van der Waals surface area contributed by atoms with Gasteiger partial charge in [0, 0.05) is 32.2 Å². The standard InChI is InChI=1S/C12H24N2O/c1-2-4-12(15)10-13-7-8-14-6-3-5-11(14)9-13/h11-12,15H,2-10H2,1H3. The van der Waals surface area contributed by atoms with Gasteiger partial charge in [-0.15, -0.1) is 0 Å². The molecule has 0 aliphatic carbocycles. The van der Waals surface area contributed by atoms with Crippen LogP contribution in [0.2, 0.25) is 0 Å². The van der Waals surface area contributed by atoms with Crippen LogP contribution in [0.25, 0.3) is 0 Å². The van der Waals surface area contributed by atoms with E-state index in [1.807, 2.05) is 0 Å². The van der Waals surface area contributed by atoms with E-state index in [1.54, 1.807) is 0 Å². The van der Waals surface area contributed by atoms with Crippen molar-refractivity contribution < 1.29 is 5.11 Å². The number of piperazine rings is 1. The molecule has 3 heteroatoms. The topological polar surface area (TPSA) is 26.7 Å². The second kappa shape index (κ2) is 5.28. The molecule has 2 heterocycles. The van der Waals surface area contributed by atoms with Crippen molar-refractivity contribution in [1.82, 2.24) is 9.80 Å². The first-order valence-corrected chi connectivity index (χ1v) is 6.44. The quantitative estimate of drug-likeness (QED) is 0.751. The van der Waals surface area contributed by atoms with Gasteiger partial charge in [0.2, 0.25) is 0 Å². The lowest BCUT2D eigenvalue weighted by molar-refractivity contribution is 0.0534. The zero-order chi connectivity index (χ0) is 10.7. The molecule has 88 valence electrons. The Balaban J connectivity index is 1.75. The number of β-amino-alcohol motifs (C(OH)–C–C–N with tert-alkyl or cyclic N) is 1. The molecule has 2 aliphatic heterocycles. The molecule has 0 aromatic heterocycles. The number of fused-ring (bicyclic) bond motifs is 1. The van der Waals surface area contributed by atoms with Gasteiger partial charge in [-0.2, -0.15) is 0 Å². The van der Waals surface area contributed by atoms with Crippen LogP contribution in [-0.2, 0) is 0 Å². The van der Waals surface area contributed by atoms with Crippen LogP contribution in [0.5, 0.6) is 0 Å². The highest BCUT2D eigenvalue weighted by molar-refractivity contribution is 4.87. The van der Waals surface area contributed by atoms with E-state index in [1.165, 1.54) is 32.5 Å². The molecule has 1 N–H and O–H groups in total. The Labute approximate surface area is 93.1 Å². The molecule has 2 fully saturated rings. The van der Waals surface area contributed by atoms with Gasteiger partial charge in [0.25, 0.3) is 0 Å². The van der Waals surface area contributed by atoms with Crippen LogP contribution in [0.15, 0.2) is 0 Å². The van der Waals surface area contributed by atoms with Gasteiger partial charge in [0.1, 0.15) is 0 Å². The lowest BCUT2D eigenvalue weighted by Crippen LogP contribution is -2.51. The van der Waals surface area contributed by atoms with Gasteiger partial charge in [-0.1, -0.05) is 13.3 Å². The molecule has 0 aromatic carbocycles. The normalized spacial score (nSPS) is 30.4. The predicted octanol–water partition coefficient (Wildman–Crippen LogP) is 0.927. The molecule has 3 nitrogen and oxygen atoms in total. The minimum absolute atomic E-state index is 0.108. The van der Waals surface area contributed by atoms with Gasteiger partial charge in [-0.05, 0) is 25.8 Å². The fourth-order valence-corrected chi connectivity index (χ4v) is 2.94. The average molecular weight is 212 g/mol. The number of hydrogen-bond donors (Lipinski definition) is 1. The number of aliphatic hydroxyl groups excluding tert-OH is 1. The van der Waals surface area contributed by atoms with E-state index in [2.05, 4.69) is 16.7 Å². The van der Waals surface area contributed by atoms with Crippen molar-refractivity contribution in [3.8, 4) is 0 Å². The molecule has 2 atom stereocenters. The first-order chi connectivity index (χ1) is 7.29. The molecule has 0 aromatic rings. The van der Waals surface area contributed by atoms with Gasteiger partial charge in [-0.25, -0.2) is 0 Å². The molecular formula is C12H24N2O. The summed E-state index contributed by atoms with van der Waals surface area (Å²) in [5, 5.41) is 9.79. The Morgan fingerprint density at radius 1 is 1.33 bits per heavy atom. The van der Waals surface area contributed by atoms with E-state index < -0.39 is 0 Å². The van der Waals surface area contributed by atoms with Crippen molar-refractivity contribution in [2.45, 2.75) is 44.8 Å². The number of hydrogen-bond acceptors (Lipinski definition) is 3. The Hall–Kier alpha value is -0.120. The summed E-state index contributed by atoms with van der Waals surface area (Å²) >= 11 is 0. The Kier molecular flexibility index (Phi) is 4.00. The van der Waals surface area contributed by atoms with Crippen molar-refractivity contribution in [3.63, 3.8) is 0 Å². The van der Waals surface area contributed by atoms with Crippen LogP contribution >= 0.6 is 0 Å².